The highest BCUT2D eigenvalue weighted by Crippen LogP contribution is 2.30. The van der Waals surface area contributed by atoms with E-state index in [0.717, 1.165) is 25.9 Å². The molecule has 1 aromatic heterocycles. The summed E-state index contributed by atoms with van der Waals surface area (Å²) in [5.74, 6) is -0.315. The van der Waals surface area contributed by atoms with Crippen LogP contribution in [0.15, 0.2) is 6.20 Å². The molecule has 2 aliphatic rings. The van der Waals surface area contributed by atoms with E-state index in [1.54, 1.807) is 10.9 Å². The number of hydrogen-bond donors (Lipinski definition) is 1. The predicted octanol–water partition coefficient (Wildman–Crippen LogP) is 0.208. The molecule has 1 aromatic rings. The van der Waals surface area contributed by atoms with Crippen LogP contribution in [0.5, 0.6) is 0 Å². The van der Waals surface area contributed by atoms with E-state index >= 15 is 0 Å². The van der Waals surface area contributed by atoms with E-state index in [0.29, 0.717) is 18.5 Å². The van der Waals surface area contributed by atoms with Crippen molar-refractivity contribution in [3.05, 3.63) is 11.9 Å². The van der Waals surface area contributed by atoms with E-state index in [1.807, 2.05) is 0 Å². The number of Topliss-reactive ketones (excluding diaryl/α,β-unsaturated/α-hetero) is 1. The average molecular weight is 312 g/mol. The molecule has 7 nitrogen and oxygen atoms in total. The first-order valence-electron chi connectivity index (χ1n) is 7.31. The second-order valence-electron chi connectivity index (χ2n) is 6.08. The van der Waals surface area contributed by atoms with Gasteiger partial charge in [0, 0.05) is 25.3 Å². The monoisotopic (exact) mass is 312 g/mol. The molecule has 0 radical (unpaired) electrons. The van der Waals surface area contributed by atoms with Crippen molar-refractivity contribution in [3.8, 4) is 0 Å². The molecule has 1 aliphatic carbocycles. The second-order valence-corrected chi connectivity index (χ2v) is 8.40. The standard InChI is InChI=1S/C13H20N4O3S/c1-21(19,20)11-4-2-3-9(5-11)13(18)12-8-17(16-15-12)10-6-14-7-10/h8-11,14H,2-7H2,1H3. The minimum absolute atomic E-state index is 0.0677. The third kappa shape index (κ3) is 3.01. The molecule has 21 heavy (non-hydrogen) atoms. The Morgan fingerprint density at radius 1 is 1.38 bits per heavy atom. The third-order valence-corrected chi connectivity index (χ3v) is 6.14. The summed E-state index contributed by atoms with van der Waals surface area (Å²) >= 11 is 0. The van der Waals surface area contributed by atoms with Crippen LogP contribution in [-0.4, -0.2) is 53.8 Å². The lowest BCUT2D eigenvalue weighted by Crippen LogP contribution is -2.43. The van der Waals surface area contributed by atoms with E-state index in [-0.39, 0.29) is 17.7 Å². The Labute approximate surface area is 124 Å². The van der Waals surface area contributed by atoms with Gasteiger partial charge in [-0.05, 0) is 19.3 Å². The summed E-state index contributed by atoms with van der Waals surface area (Å²) in [6.45, 7) is 1.69. The summed E-state index contributed by atoms with van der Waals surface area (Å²) < 4.78 is 25.1. The van der Waals surface area contributed by atoms with Crippen LogP contribution >= 0.6 is 0 Å². The topological polar surface area (TPSA) is 94.0 Å². The van der Waals surface area contributed by atoms with E-state index in [1.165, 1.54) is 6.26 Å². The fourth-order valence-electron chi connectivity index (χ4n) is 3.01. The fourth-order valence-corrected chi connectivity index (χ4v) is 4.19. The van der Waals surface area contributed by atoms with Gasteiger partial charge in [-0.1, -0.05) is 11.6 Å². The highest BCUT2D eigenvalue weighted by molar-refractivity contribution is 7.91. The van der Waals surface area contributed by atoms with Crippen LogP contribution in [0.4, 0.5) is 0 Å². The van der Waals surface area contributed by atoms with Crippen LogP contribution in [0.3, 0.4) is 0 Å². The summed E-state index contributed by atoms with van der Waals surface area (Å²) in [5.41, 5.74) is 0.362. The van der Waals surface area contributed by atoms with Crippen LogP contribution in [-0.2, 0) is 9.84 Å². The number of aromatic nitrogens is 3. The van der Waals surface area contributed by atoms with Gasteiger partial charge in [0.15, 0.2) is 5.78 Å². The molecule has 116 valence electrons. The number of sulfone groups is 1. The first kappa shape index (κ1) is 14.6. The molecule has 1 N–H and O–H groups in total. The lowest BCUT2D eigenvalue weighted by Gasteiger charge is -2.27. The molecule has 0 spiro atoms. The zero-order valence-corrected chi connectivity index (χ0v) is 12.8. The number of nitrogens with zero attached hydrogens (tertiary/aromatic N) is 3. The van der Waals surface area contributed by atoms with Gasteiger partial charge >= 0.3 is 0 Å². The smallest absolute Gasteiger partial charge is 0.187 e. The van der Waals surface area contributed by atoms with Crippen molar-refractivity contribution in [2.45, 2.75) is 37.0 Å². The minimum atomic E-state index is -3.08. The summed E-state index contributed by atoms with van der Waals surface area (Å²) in [6.07, 6.45) is 5.53. The van der Waals surface area contributed by atoms with Crippen LogP contribution in [0.1, 0.15) is 42.2 Å². The fraction of sp³-hybridized carbons (Fsp3) is 0.769. The van der Waals surface area contributed by atoms with Gasteiger partial charge in [-0.25, -0.2) is 13.1 Å². The molecule has 1 saturated heterocycles. The van der Waals surface area contributed by atoms with E-state index in [4.69, 9.17) is 0 Å². The number of carbonyl (C=O) groups excluding carboxylic acids is 1. The molecular weight excluding hydrogens is 292 g/mol. The lowest BCUT2D eigenvalue weighted by molar-refractivity contribution is 0.0885. The molecule has 3 rings (SSSR count). The molecule has 8 heteroatoms. The molecule has 1 saturated carbocycles. The summed E-state index contributed by atoms with van der Waals surface area (Å²) in [7, 11) is -3.08. The van der Waals surface area contributed by atoms with E-state index in [2.05, 4.69) is 15.6 Å². The van der Waals surface area contributed by atoms with Crippen LogP contribution in [0.2, 0.25) is 0 Å². The zero-order chi connectivity index (χ0) is 15.0. The van der Waals surface area contributed by atoms with Crippen LogP contribution in [0.25, 0.3) is 0 Å². The average Bonchev–Trinajstić information content (AvgIpc) is 2.84. The van der Waals surface area contributed by atoms with Crippen molar-refractivity contribution in [3.63, 3.8) is 0 Å². The van der Waals surface area contributed by atoms with Crippen molar-refractivity contribution >= 4 is 15.6 Å². The maximum atomic E-state index is 12.5. The first-order chi connectivity index (χ1) is 9.95. The number of hydrogen-bond acceptors (Lipinski definition) is 6. The largest absolute Gasteiger partial charge is 0.312 e. The molecule has 2 atom stereocenters. The summed E-state index contributed by atoms with van der Waals surface area (Å²) in [6, 6.07) is 0.272. The van der Waals surface area contributed by atoms with Crippen molar-refractivity contribution in [1.82, 2.24) is 20.3 Å². The molecule has 1 aliphatic heterocycles. The van der Waals surface area contributed by atoms with Crippen molar-refractivity contribution < 1.29 is 13.2 Å². The molecular formula is C13H20N4O3S. The van der Waals surface area contributed by atoms with Gasteiger partial charge in [-0.15, -0.1) is 5.10 Å². The Morgan fingerprint density at radius 3 is 2.76 bits per heavy atom. The highest BCUT2D eigenvalue weighted by atomic mass is 32.2. The Kier molecular flexibility index (Phi) is 3.83. The van der Waals surface area contributed by atoms with Gasteiger partial charge in [0.25, 0.3) is 0 Å². The first-order valence-corrected chi connectivity index (χ1v) is 9.26. The number of ketones is 1. The Balaban J connectivity index is 1.70. The van der Waals surface area contributed by atoms with Crippen LogP contribution < -0.4 is 5.32 Å². The van der Waals surface area contributed by atoms with Crippen LogP contribution in [0, 0.1) is 5.92 Å². The van der Waals surface area contributed by atoms with E-state index in [9.17, 15) is 13.2 Å². The van der Waals surface area contributed by atoms with Crippen molar-refractivity contribution in [1.29, 1.82) is 0 Å². The zero-order valence-electron chi connectivity index (χ0n) is 12.0. The van der Waals surface area contributed by atoms with Crippen molar-refractivity contribution in [2.24, 2.45) is 5.92 Å². The SMILES string of the molecule is CS(=O)(=O)C1CCCC(C(=O)c2cn(C3CNC3)nn2)C1. The summed E-state index contributed by atoms with van der Waals surface area (Å²) in [5, 5.41) is 10.7. The van der Waals surface area contributed by atoms with Gasteiger partial charge in [0.2, 0.25) is 0 Å². The van der Waals surface area contributed by atoms with E-state index < -0.39 is 15.1 Å². The highest BCUT2D eigenvalue weighted by Gasteiger charge is 2.34. The maximum Gasteiger partial charge on any atom is 0.187 e. The minimum Gasteiger partial charge on any atom is -0.312 e. The molecule has 2 fully saturated rings. The normalized spacial score (nSPS) is 27.3. The Hall–Kier alpha value is -1.28. The molecule has 0 aromatic carbocycles. The summed E-state index contributed by atoms with van der Waals surface area (Å²) in [4.78, 5) is 12.5. The third-order valence-electron chi connectivity index (χ3n) is 4.50. The molecule has 0 amide bonds. The Morgan fingerprint density at radius 2 is 2.14 bits per heavy atom. The van der Waals surface area contributed by atoms with Gasteiger partial charge in [0.05, 0.1) is 17.5 Å². The van der Waals surface area contributed by atoms with Crippen molar-refractivity contribution in [2.75, 3.05) is 19.3 Å². The van der Waals surface area contributed by atoms with Gasteiger partial charge in [-0.3, -0.25) is 4.79 Å². The molecule has 2 unspecified atom stereocenters. The number of nitrogens with one attached hydrogen (secondary N) is 1. The quantitative estimate of drug-likeness (QED) is 0.799. The molecule has 0 bridgehead atoms. The van der Waals surface area contributed by atoms with Gasteiger partial charge in [0.1, 0.15) is 15.5 Å². The lowest BCUT2D eigenvalue weighted by atomic mass is 9.85. The Bertz CT molecular complexity index is 636. The maximum absolute atomic E-state index is 12.5. The second kappa shape index (κ2) is 5.49. The number of carbonyl (C=O) groups is 1. The van der Waals surface area contributed by atoms with Gasteiger partial charge < -0.3 is 5.32 Å². The van der Waals surface area contributed by atoms with Gasteiger partial charge in [-0.2, -0.15) is 0 Å². The molecule has 2 heterocycles. The number of rotatable bonds is 4. The predicted molar refractivity (Wildman–Crippen MR) is 76.8 cm³/mol.